The van der Waals surface area contributed by atoms with Crippen LogP contribution in [0.3, 0.4) is 0 Å². The molecule has 0 fully saturated rings. The van der Waals surface area contributed by atoms with Gasteiger partial charge in [0.2, 0.25) is 0 Å². The molecule has 1 aromatic heterocycles. The van der Waals surface area contributed by atoms with Crippen molar-refractivity contribution in [2.24, 2.45) is 0 Å². The molecule has 0 unspecified atom stereocenters. The van der Waals surface area contributed by atoms with Crippen molar-refractivity contribution in [1.82, 2.24) is 10.2 Å². The highest BCUT2D eigenvalue weighted by Crippen LogP contribution is 2.35. The van der Waals surface area contributed by atoms with Crippen molar-refractivity contribution in [1.29, 1.82) is 0 Å². The standard InChI is InChI=1S/C11H10F3N3O3S/c12-11(13,14)8-3-1-2-4-9(8)17-21(19,20)10-7(6-18)5-15-16-10/h1-5,17-18H,6H2,(H,15,16). The molecule has 2 rings (SSSR count). The number of aliphatic hydroxyl groups is 1. The maximum atomic E-state index is 12.8. The molecule has 10 heteroatoms. The Morgan fingerprint density at radius 1 is 1.29 bits per heavy atom. The van der Waals surface area contributed by atoms with Crippen molar-refractivity contribution in [3.8, 4) is 0 Å². The lowest BCUT2D eigenvalue weighted by Gasteiger charge is -2.14. The Morgan fingerprint density at radius 3 is 2.57 bits per heavy atom. The number of alkyl halides is 3. The Balaban J connectivity index is 2.43. The van der Waals surface area contributed by atoms with E-state index in [0.717, 1.165) is 24.4 Å². The van der Waals surface area contributed by atoms with Gasteiger partial charge in [0.05, 0.1) is 24.1 Å². The fourth-order valence-corrected chi connectivity index (χ4v) is 2.86. The topological polar surface area (TPSA) is 95.1 Å². The highest BCUT2D eigenvalue weighted by Gasteiger charge is 2.34. The summed E-state index contributed by atoms with van der Waals surface area (Å²) in [6, 6.07) is 4.18. The number of aliphatic hydroxyl groups excluding tert-OH is 1. The van der Waals surface area contributed by atoms with Crippen LogP contribution in [0.15, 0.2) is 35.5 Å². The molecular weight excluding hydrogens is 311 g/mol. The molecular formula is C11H10F3N3O3S. The molecule has 114 valence electrons. The molecule has 3 N–H and O–H groups in total. The van der Waals surface area contributed by atoms with Gasteiger partial charge in [0.1, 0.15) is 0 Å². The van der Waals surface area contributed by atoms with E-state index in [4.69, 9.17) is 5.11 Å². The highest BCUT2D eigenvalue weighted by molar-refractivity contribution is 7.92. The zero-order valence-electron chi connectivity index (χ0n) is 10.3. The Labute approximate surface area is 117 Å². The summed E-state index contributed by atoms with van der Waals surface area (Å²) >= 11 is 0. The summed E-state index contributed by atoms with van der Waals surface area (Å²) in [5, 5.41) is 14.1. The van der Waals surface area contributed by atoms with Gasteiger partial charge in [0, 0.05) is 5.56 Å². The Bertz CT molecular complexity index is 740. The van der Waals surface area contributed by atoms with Crippen molar-refractivity contribution in [3.05, 3.63) is 41.6 Å². The average molecular weight is 321 g/mol. The maximum Gasteiger partial charge on any atom is 0.418 e. The number of para-hydroxylation sites is 1. The second-order valence-electron chi connectivity index (χ2n) is 4.03. The second kappa shape index (κ2) is 5.37. The molecule has 0 radical (unpaired) electrons. The van der Waals surface area contributed by atoms with Gasteiger partial charge in [-0.05, 0) is 12.1 Å². The Kier molecular flexibility index (Phi) is 3.92. The fraction of sp³-hybridized carbons (Fsp3) is 0.182. The minimum absolute atomic E-state index is 0.0491. The third-order valence-corrected chi connectivity index (χ3v) is 3.97. The minimum Gasteiger partial charge on any atom is -0.392 e. The van der Waals surface area contributed by atoms with E-state index in [-0.39, 0.29) is 5.56 Å². The summed E-state index contributed by atoms with van der Waals surface area (Å²) in [6.45, 7) is -0.617. The number of benzene rings is 1. The maximum absolute atomic E-state index is 12.8. The zero-order valence-corrected chi connectivity index (χ0v) is 11.2. The van der Waals surface area contributed by atoms with Crippen LogP contribution in [-0.2, 0) is 22.8 Å². The van der Waals surface area contributed by atoms with E-state index in [1.165, 1.54) is 6.07 Å². The van der Waals surface area contributed by atoms with Crippen molar-refractivity contribution < 1.29 is 26.7 Å². The minimum atomic E-state index is -4.70. The summed E-state index contributed by atoms with van der Waals surface area (Å²) in [4.78, 5) is 0. The largest absolute Gasteiger partial charge is 0.418 e. The predicted octanol–water partition coefficient (Wildman–Crippen LogP) is 1.72. The van der Waals surface area contributed by atoms with Gasteiger partial charge in [-0.3, -0.25) is 9.82 Å². The van der Waals surface area contributed by atoms with Crippen LogP contribution in [0.1, 0.15) is 11.1 Å². The molecule has 0 aliphatic carbocycles. The highest BCUT2D eigenvalue weighted by atomic mass is 32.2. The number of hydrogen-bond acceptors (Lipinski definition) is 4. The quantitative estimate of drug-likeness (QED) is 0.799. The summed E-state index contributed by atoms with van der Waals surface area (Å²) in [5.74, 6) is 0. The van der Waals surface area contributed by atoms with Crippen LogP contribution in [0, 0.1) is 0 Å². The number of nitrogens with one attached hydrogen (secondary N) is 2. The second-order valence-corrected chi connectivity index (χ2v) is 5.65. The molecule has 2 aromatic rings. The van der Waals surface area contributed by atoms with Gasteiger partial charge in [-0.25, -0.2) is 0 Å². The molecule has 0 bridgehead atoms. The van der Waals surface area contributed by atoms with Crippen LogP contribution in [0.4, 0.5) is 18.9 Å². The summed E-state index contributed by atoms with van der Waals surface area (Å²) in [5.41, 5.74) is -1.77. The number of anilines is 1. The van der Waals surface area contributed by atoms with Gasteiger partial charge in [0.15, 0.2) is 5.03 Å². The fourth-order valence-electron chi connectivity index (χ4n) is 1.66. The average Bonchev–Trinajstić information content (AvgIpc) is 2.86. The predicted molar refractivity (Wildman–Crippen MR) is 66.8 cm³/mol. The van der Waals surface area contributed by atoms with Crippen molar-refractivity contribution in [2.45, 2.75) is 17.8 Å². The van der Waals surface area contributed by atoms with Crippen LogP contribution < -0.4 is 4.72 Å². The molecule has 0 saturated heterocycles. The van der Waals surface area contributed by atoms with Crippen molar-refractivity contribution >= 4 is 15.7 Å². The molecule has 6 nitrogen and oxygen atoms in total. The lowest BCUT2D eigenvalue weighted by molar-refractivity contribution is -0.136. The van der Waals surface area contributed by atoms with E-state index < -0.39 is 39.1 Å². The number of aromatic amines is 1. The smallest absolute Gasteiger partial charge is 0.392 e. The lowest BCUT2D eigenvalue weighted by atomic mass is 10.2. The van der Waals surface area contributed by atoms with Crippen LogP contribution in [0.25, 0.3) is 0 Å². The van der Waals surface area contributed by atoms with E-state index >= 15 is 0 Å². The Hall–Kier alpha value is -2.07. The molecule has 0 amide bonds. The molecule has 0 aliphatic rings. The van der Waals surface area contributed by atoms with Gasteiger partial charge >= 0.3 is 6.18 Å². The van der Waals surface area contributed by atoms with Crippen LogP contribution >= 0.6 is 0 Å². The summed E-state index contributed by atoms with van der Waals surface area (Å²) in [7, 11) is -4.32. The third-order valence-electron chi connectivity index (χ3n) is 2.59. The number of hydrogen-bond donors (Lipinski definition) is 3. The number of sulfonamides is 1. The number of halogens is 3. The van der Waals surface area contributed by atoms with E-state index in [1.807, 2.05) is 4.72 Å². The van der Waals surface area contributed by atoms with Gasteiger partial charge in [-0.2, -0.15) is 26.7 Å². The molecule has 0 saturated carbocycles. The van der Waals surface area contributed by atoms with Gasteiger partial charge in [0.25, 0.3) is 10.0 Å². The van der Waals surface area contributed by atoms with E-state index in [2.05, 4.69) is 10.2 Å². The van der Waals surface area contributed by atoms with Gasteiger partial charge in [-0.1, -0.05) is 12.1 Å². The molecule has 1 heterocycles. The SMILES string of the molecule is O=S(=O)(Nc1ccccc1C(F)(F)F)c1[nH]ncc1CO. The summed E-state index contributed by atoms with van der Waals surface area (Å²) < 4.78 is 64.4. The molecule has 1 aromatic carbocycles. The zero-order chi connectivity index (χ0) is 15.7. The van der Waals surface area contributed by atoms with Crippen LogP contribution in [-0.4, -0.2) is 23.7 Å². The van der Waals surface area contributed by atoms with E-state index in [9.17, 15) is 21.6 Å². The van der Waals surface area contributed by atoms with Crippen molar-refractivity contribution in [2.75, 3.05) is 4.72 Å². The number of nitrogens with zero attached hydrogens (tertiary/aromatic N) is 1. The molecule has 0 spiro atoms. The van der Waals surface area contributed by atoms with Crippen molar-refractivity contribution in [3.63, 3.8) is 0 Å². The first-order valence-corrected chi connectivity index (χ1v) is 7.06. The van der Waals surface area contributed by atoms with Gasteiger partial charge < -0.3 is 5.11 Å². The molecule has 0 aliphatic heterocycles. The lowest BCUT2D eigenvalue weighted by Crippen LogP contribution is -2.18. The number of rotatable bonds is 4. The Morgan fingerprint density at radius 2 is 1.95 bits per heavy atom. The summed E-state index contributed by atoms with van der Waals surface area (Å²) in [6.07, 6.45) is -3.63. The van der Waals surface area contributed by atoms with Crippen LogP contribution in [0.5, 0.6) is 0 Å². The molecule has 21 heavy (non-hydrogen) atoms. The van der Waals surface area contributed by atoms with Crippen LogP contribution in [0.2, 0.25) is 0 Å². The monoisotopic (exact) mass is 321 g/mol. The number of H-pyrrole nitrogens is 1. The first kappa shape index (κ1) is 15.3. The number of aromatic nitrogens is 2. The normalized spacial score (nSPS) is 12.4. The molecule has 0 atom stereocenters. The van der Waals surface area contributed by atoms with Gasteiger partial charge in [-0.15, -0.1) is 0 Å². The van der Waals surface area contributed by atoms with E-state index in [1.54, 1.807) is 0 Å². The third kappa shape index (κ3) is 3.16. The first-order valence-electron chi connectivity index (χ1n) is 5.58. The first-order chi connectivity index (χ1) is 9.75. The van der Waals surface area contributed by atoms with E-state index in [0.29, 0.717) is 0 Å².